The summed E-state index contributed by atoms with van der Waals surface area (Å²) in [5, 5.41) is 16.1. The van der Waals surface area contributed by atoms with Crippen molar-refractivity contribution in [2.24, 2.45) is 5.41 Å². The lowest BCUT2D eigenvalue weighted by molar-refractivity contribution is -0.123. The zero-order chi connectivity index (χ0) is 23.3. The standard InChI is InChI=1S/C26H26N2O4/c1-26(2,3)25(32)28-21-16-10-8-14-19(21)24(31)27-20-15-9-7-13-18(20)23(30)22(29)17-11-5-4-6-12-17/h4-16,22,29H,1-3H3,(H,27,31)(H,28,32). The summed E-state index contributed by atoms with van der Waals surface area (Å²) in [5.74, 6) is -1.23. The van der Waals surface area contributed by atoms with Gasteiger partial charge >= 0.3 is 0 Å². The lowest BCUT2D eigenvalue weighted by atomic mass is 9.95. The third kappa shape index (κ3) is 5.28. The van der Waals surface area contributed by atoms with Crippen molar-refractivity contribution in [2.75, 3.05) is 10.6 Å². The number of hydrogen-bond donors (Lipinski definition) is 3. The van der Waals surface area contributed by atoms with E-state index in [4.69, 9.17) is 0 Å². The molecule has 0 aliphatic rings. The van der Waals surface area contributed by atoms with Crippen LogP contribution in [0.25, 0.3) is 0 Å². The maximum atomic E-state index is 13.0. The number of hydrogen-bond acceptors (Lipinski definition) is 4. The summed E-state index contributed by atoms with van der Waals surface area (Å²) in [4.78, 5) is 38.4. The number of anilines is 2. The molecule has 3 rings (SSSR count). The first-order valence-corrected chi connectivity index (χ1v) is 10.3. The highest BCUT2D eigenvalue weighted by molar-refractivity contribution is 6.13. The quantitative estimate of drug-likeness (QED) is 0.488. The van der Waals surface area contributed by atoms with Crippen LogP contribution in [0.5, 0.6) is 0 Å². The fraction of sp³-hybridized carbons (Fsp3) is 0.192. The SMILES string of the molecule is CC(C)(C)C(=O)Nc1ccccc1C(=O)Nc1ccccc1C(=O)C(O)c1ccccc1. The Bertz CT molecular complexity index is 1130. The molecule has 164 valence electrons. The highest BCUT2D eigenvalue weighted by Gasteiger charge is 2.25. The molecule has 0 radical (unpaired) electrons. The van der Waals surface area contributed by atoms with Crippen molar-refractivity contribution in [2.45, 2.75) is 26.9 Å². The molecule has 0 saturated carbocycles. The van der Waals surface area contributed by atoms with E-state index < -0.39 is 23.2 Å². The lowest BCUT2D eigenvalue weighted by Crippen LogP contribution is -2.29. The molecule has 3 aromatic carbocycles. The highest BCUT2D eigenvalue weighted by Crippen LogP contribution is 2.26. The number of ketones is 1. The smallest absolute Gasteiger partial charge is 0.257 e. The Morgan fingerprint density at radius 1 is 0.719 bits per heavy atom. The van der Waals surface area contributed by atoms with E-state index in [0.29, 0.717) is 11.3 Å². The van der Waals surface area contributed by atoms with Crippen molar-refractivity contribution in [1.82, 2.24) is 0 Å². The molecule has 1 unspecified atom stereocenters. The number of carbonyl (C=O) groups is 3. The molecule has 2 amide bonds. The van der Waals surface area contributed by atoms with E-state index in [0.717, 1.165) is 0 Å². The molecule has 32 heavy (non-hydrogen) atoms. The van der Waals surface area contributed by atoms with Gasteiger partial charge in [0.05, 0.1) is 16.9 Å². The van der Waals surface area contributed by atoms with Gasteiger partial charge in [0.2, 0.25) is 5.91 Å². The second kappa shape index (κ2) is 9.58. The van der Waals surface area contributed by atoms with Gasteiger partial charge in [-0.2, -0.15) is 0 Å². The van der Waals surface area contributed by atoms with Crippen LogP contribution in [0, 0.1) is 5.41 Å². The van der Waals surface area contributed by atoms with Crippen molar-refractivity contribution in [3.8, 4) is 0 Å². The van der Waals surface area contributed by atoms with Gasteiger partial charge in [0.1, 0.15) is 6.10 Å². The van der Waals surface area contributed by atoms with Crippen molar-refractivity contribution in [3.63, 3.8) is 0 Å². The summed E-state index contributed by atoms with van der Waals surface area (Å²) in [6, 6.07) is 21.8. The van der Waals surface area contributed by atoms with E-state index in [1.165, 1.54) is 0 Å². The minimum absolute atomic E-state index is 0.188. The van der Waals surface area contributed by atoms with Gasteiger partial charge in [-0.1, -0.05) is 75.4 Å². The number of amides is 2. The molecule has 6 heteroatoms. The van der Waals surface area contributed by atoms with E-state index in [9.17, 15) is 19.5 Å². The second-order valence-corrected chi connectivity index (χ2v) is 8.43. The van der Waals surface area contributed by atoms with Crippen LogP contribution in [0.1, 0.15) is 53.2 Å². The Labute approximate surface area is 187 Å². The zero-order valence-corrected chi connectivity index (χ0v) is 18.3. The van der Waals surface area contributed by atoms with Crippen molar-refractivity contribution < 1.29 is 19.5 Å². The number of para-hydroxylation sites is 2. The Balaban J connectivity index is 1.86. The summed E-state index contributed by atoms with van der Waals surface area (Å²) < 4.78 is 0. The average molecular weight is 431 g/mol. The predicted molar refractivity (Wildman–Crippen MR) is 125 cm³/mol. The molecule has 0 bridgehead atoms. The van der Waals surface area contributed by atoms with Gasteiger partial charge in [-0.25, -0.2) is 0 Å². The van der Waals surface area contributed by atoms with Gasteiger partial charge in [0.15, 0.2) is 5.78 Å². The van der Waals surface area contributed by atoms with Gasteiger partial charge in [0.25, 0.3) is 5.91 Å². The molecule has 0 aliphatic carbocycles. The first-order chi connectivity index (χ1) is 15.2. The van der Waals surface area contributed by atoms with Gasteiger partial charge in [-0.05, 0) is 29.8 Å². The number of nitrogens with one attached hydrogen (secondary N) is 2. The van der Waals surface area contributed by atoms with Crippen molar-refractivity contribution >= 4 is 29.0 Å². The Morgan fingerprint density at radius 2 is 1.22 bits per heavy atom. The Hall–Kier alpha value is -3.77. The van der Waals surface area contributed by atoms with Crippen LogP contribution in [-0.2, 0) is 4.79 Å². The van der Waals surface area contributed by atoms with Crippen molar-refractivity contribution in [1.29, 1.82) is 0 Å². The number of aliphatic hydroxyl groups excluding tert-OH is 1. The van der Waals surface area contributed by atoms with Crippen LogP contribution in [0.15, 0.2) is 78.9 Å². The summed E-state index contributed by atoms with van der Waals surface area (Å²) >= 11 is 0. The third-order valence-electron chi connectivity index (χ3n) is 4.91. The molecule has 0 aromatic heterocycles. The zero-order valence-electron chi connectivity index (χ0n) is 18.3. The predicted octanol–water partition coefficient (Wildman–Crippen LogP) is 4.84. The monoisotopic (exact) mass is 430 g/mol. The number of benzene rings is 3. The van der Waals surface area contributed by atoms with Crippen LogP contribution in [0.4, 0.5) is 11.4 Å². The van der Waals surface area contributed by atoms with Crippen LogP contribution >= 0.6 is 0 Å². The van der Waals surface area contributed by atoms with Gasteiger partial charge in [-0.3, -0.25) is 14.4 Å². The Morgan fingerprint density at radius 3 is 1.81 bits per heavy atom. The topological polar surface area (TPSA) is 95.5 Å². The average Bonchev–Trinajstić information content (AvgIpc) is 2.78. The van der Waals surface area contributed by atoms with Crippen LogP contribution in [-0.4, -0.2) is 22.7 Å². The Kier molecular flexibility index (Phi) is 6.85. The molecule has 0 aliphatic heterocycles. The minimum Gasteiger partial charge on any atom is -0.380 e. The second-order valence-electron chi connectivity index (χ2n) is 8.43. The molecule has 0 saturated heterocycles. The molecule has 0 heterocycles. The molecular weight excluding hydrogens is 404 g/mol. The minimum atomic E-state index is -1.35. The molecular formula is C26H26N2O4. The highest BCUT2D eigenvalue weighted by atomic mass is 16.3. The number of aliphatic hydroxyl groups is 1. The van der Waals surface area contributed by atoms with E-state index in [2.05, 4.69) is 10.6 Å². The first kappa shape index (κ1) is 22.9. The number of Topliss-reactive ketones (excluding diaryl/α,β-unsaturated/α-hetero) is 1. The first-order valence-electron chi connectivity index (χ1n) is 10.3. The van der Waals surface area contributed by atoms with Crippen LogP contribution in [0.3, 0.4) is 0 Å². The van der Waals surface area contributed by atoms with Crippen LogP contribution in [0.2, 0.25) is 0 Å². The van der Waals surface area contributed by atoms with Crippen molar-refractivity contribution in [3.05, 3.63) is 95.6 Å². The summed E-state index contributed by atoms with van der Waals surface area (Å²) in [7, 11) is 0. The number of carbonyl (C=O) groups excluding carboxylic acids is 3. The van der Waals surface area contributed by atoms with Crippen LogP contribution < -0.4 is 10.6 Å². The lowest BCUT2D eigenvalue weighted by Gasteiger charge is -2.19. The van der Waals surface area contributed by atoms with E-state index >= 15 is 0 Å². The molecule has 0 fully saturated rings. The van der Waals surface area contributed by atoms with Gasteiger partial charge in [-0.15, -0.1) is 0 Å². The maximum absolute atomic E-state index is 13.0. The fourth-order valence-corrected chi connectivity index (χ4v) is 3.03. The third-order valence-corrected chi connectivity index (χ3v) is 4.91. The van der Waals surface area contributed by atoms with Gasteiger partial charge < -0.3 is 15.7 Å². The molecule has 1 atom stereocenters. The fourth-order valence-electron chi connectivity index (χ4n) is 3.03. The van der Waals surface area contributed by atoms with E-state index in [1.807, 2.05) is 0 Å². The normalized spacial score (nSPS) is 12.0. The summed E-state index contributed by atoms with van der Waals surface area (Å²) in [6.45, 7) is 5.35. The number of rotatable bonds is 6. The van der Waals surface area contributed by atoms with E-state index in [1.54, 1.807) is 99.6 Å². The summed E-state index contributed by atoms with van der Waals surface area (Å²) in [5.41, 5.74) is 0.932. The molecule has 3 N–H and O–H groups in total. The summed E-state index contributed by atoms with van der Waals surface area (Å²) in [6.07, 6.45) is -1.35. The molecule has 6 nitrogen and oxygen atoms in total. The molecule has 3 aromatic rings. The van der Waals surface area contributed by atoms with Gasteiger partial charge in [0, 0.05) is 11.0 Å². The largest absolute Gasteiger partial charge is 0.380 e. The maximum Gasteiger partial charge on any atom is 0.257 e. The molecule has 0 spiro atoms. The van der Waals surface area contributed by atoms with E-state index in [-0.39, 0.29) is 22.7 Å².